The number of carbonyl (C=O) groups is 2. The van der Waals surface area contributed by atoms with E-state index in [1.54, 1.807) is 0 Å². The van der Waals surface area contributed by atoms with Gasteiger partial charge in [-0.25, -0.2) is 0 Å². The lowest BCUT2D eigenvalue weighted by Crippen LogP contribution is -2.34. The number of hydrogen-bond donors (Lipinski definition) is 1. The molecule has 1 N–H and O–H groups in total. The smallest absolute Gasteiger partial charge is 0.238 e. The largest absolute Gasteiger partial charge is 0.489 e. The number of nitrogens with one attached hydrogen (secondary N) is 1. The van der Waals surface area contributed by atoms with Gasteiger partial charge in [-0.2, -0.15) is 0 Å². The zero-order valence-corrected chi connectivity index (χ0v) is 18.0. The Morgan fingerprint density at radius 3 is 2.55 bits per heavy atom. The topological polar surface area (TPSA) is 62.4 Å². The second-order valence-corrected chi connectivity index (χ2v) is 9.23. The van der Waals surface area contributed by atoms with E-state index in [1.165, 1.54) is 10.3 Å². The summed E-state index contributed by atoms with van der Waals surface area (Å²) in [5, 5.41) is 2.34. The summed E-state index contributed by atoms with van der Waals surface area (Å²) in [6.45, 7) is 0.458. The minimum Gasteiger partial charge on any atom is -0.489 e. The molecule has 3 atom stereocenters. The summed E-state index contributed by atoms with van der Waals surface area (Å²) in [6, 6.07) is 21.7. The van der Waals surface area contributed by atoms with Crippen molar-refractivity contribution in [2.45, 2.75) is 12.8 Å². The number of nitrogens with zero attached hydrogens (tertiary/aromatic N) is 1. The summed E-state index contributed by atoms with van der Waals surface area (Å²) in [5.74, 6) is -0.0219. The summed E-state index contributed by atoms with van der Waals surface area (Å²) in [4.78, 5) is 32.0. The van der Waals surface area contributed by atoms with Gasteiger partial charge in [0, 0.05) is 21.9 Å². The fourth-order valence-corrected chi connectivity index (χ4v) is 6.04. The maximum absolute atomic E-state index is 13.7. The van der Waals surface area contributed by atoms with E-state index in [9.17, 15) is 9.59 Å². The molecule has 162 valence electrons. The van der Waals surface area contributed by atoms with Gasteiger partial charge >= 0.3 is 0 Å². The molecule has 1 aliphatic carbocycles. The van der Waals surface area contributed by atoms with Crippen LogP contribution in [0.3, 0.4) is 0 Å². The average molecular weight is 434 g/mol. The van der Waals surface area contributed by atoms with E-state index in [0.29, 0.717) is 25.1 Å². The number of para-hydroxylation sites is 2. The standard InChI is InChI=1S/C28H22N2O3/c31-27-20-11-10-16-15-33-24-13-12-19-18-8-4-5-9-23(18)29-26(19)22(24)14-21(16)25(20)28(32)30(27)17-6-2-1-3-7-17/h1-10,12-13,20-21,25,29H,11,14-15H2/t20-,21+,25-/m0/s1. The first-order valence-corrected chi connectivity index (χ1v) is 11.5. The predicted molar refractivity (Wildman–Crippen MR) is 127 cm³/mol. The van der Waals surface area contributed by atoms with Crippen molar-refractivity contribution in [3.63, 3.8) is 0 Å². The van der Waals surface area contributed by atoms with Crippen molar-refractivity contribution in [1.82, 2.24) is 4.98 Å². The van der Waals surface area contributed by atoms with E-state index >= 15 is 0 Å². The van der Waals surface area contributed by atoms with E-state index in [1.807, 2.05) is 48.5 Å². The van der Waals surface area contributed by atoms with Gasteiger partial charge < -0.3 is 9.72 Å². The first-order chi connectivity index (χ1) is 16.2. The van der Waals surface area contributed by atoms with Gasteiger partial charge in [0.1, 0.15) is 12.4 Å². The van der Waals surface area contributed by atoms with Crippen molar-refractivity contribution in [3.05, 3.63) is 83.9 Å². The molecule has 0 radical (unpaired) electrons. The molecule has 1 saturated heterocycles. The van der Waals surface area contributed by atoms with Crippen molar-refractivity contribution >= 4 is 39.3 Å². The van der Waals surface area contributed by atoms with Crippen LogP contribution in [0.1, 0.15) is 12.0 Å². The van der Waals surface area contributed by atoms with E-state index in [0.717, 1.165) is 33.3 Å². The van der Waals surface area contributed by atoms with Crippen LogP contribution >= 0.6 is 0 Å². The highest BCUT2D eigenvalue weighted by molar-refractivity contribution is 6.22. The molecule has 0 bridgehead atoms. The Kier molecular flexibility index (Phi) is 3.86. The van der Waals surface area contributed by atoms with Crippen molar-refractivity contribution in [2.24, 2.45) is 17.8 Å². The Balaban J connectivity index is 1.35. The average Bonchev–Trinajstić information content (AvgIpc) is 3.26. The molecule has 5 nitrogen and oxygen atoms in total. The SMILES string of the molecule is O=C1[C@H]2[C@H](CC=C3COc4ccc5c([nH]c6ccccc65)c4C[C@H]32)C(=O)N1c1ccccc1. The fourth-order valence-electron chi connectivity index (χ4n) is 6.04. The molecular weight excluding hydrogens is 412 g/mol. The third kappa shape index (κ3) is 2.59. The second-order valence-electron chi connectivity index (χ2n) is 9.23. The lowest BCUT2D eigenvalue weighted by Gasteiger charge is -2.30. The zero-order valence-electron chi connectivity index (χ0n) is 18.0. The minimum atomic E-state index is -0.355. The Morgan fingerprint density at radius 2 is 1.67 bits per heavy atom. The number of benzene rings is 3. The first kappa shape index (κ1) is 18.7. The number of carbonyl (C=O) groups excluding carboxylic acids is 2. The molecular formula is C28H22N2O3. The highest BCUT2D eigenvalue weighted by atomic mass is 16.5. The van der Waals surface area contributed by atoms with Gasteiger partial charge in [-0.3, -0.25) is 14.5 Å². The van der Waals surface area contributed by atoms with Gasteiger partial charge in [-0.05, 0) is 54.7 Å². The number of imide groups is 1. The highest BCUT2D eigenvalue weighted by Crippen LogP contribution is 2.47. The van der Waals surface area contributed by atoms with Gasteiger partial charge in [-0.1, -0.05) is 42.5 Å². The van der Waals surface area contributed by atoms with E-state index in [2.05, 4.69) is 29.3 Å². The van der Waals surface area contributed by atoms with Crippen LogP contribution in [0.5, 0.6) is 5.75 Å². The van der Waals surface area contributed by atoms with Gasteiger partial charge in [0.25, 0.3) is 0 Å². The maximum Gasteiger partial charge on any atom is 0.238 e. The monoisotopic (exact) mass is 434 g/mol. The van der Waals surface area contributed by atoms with Crippen molar-refractivity contribution in [1.29, 1.82) is 0 Å². The molecule has 1 fully saturated rings. The number of amides is 2. The van der Waals surface area contributed by atoms with E-state index in [-0.39, 0.29) is 29.6 Å². The molecule has 2 amide bonds. The lowest BCUT2D eigenvalue weighted by molar-refractivity contribution is -0.122. The van der Waals surface area contributed by atoms with Crippen molar-refractivity contribution in [3.8, 4) is 5.75 Å². The molecule has 4 aromatic rings. The number of allylic oxidation sites excluding steroid dienone is 1. The second kappa shape index (κ2) is 6.82. The molecule has 5 heteroatoms. The van der Waals surface area contributed by atoms with Gasteiger partial charge in [-0.15, -0.1) is 0 Å². The Labute approximate surface area is 190 Å². The van der Waals surface area contributed by atoms with Crippen LogP contribution in [-0.2, 0) is 16.0 Å². The normalized spacial score (nSPS) is 24.2. The summed E-state index contributed by atoms with van der Waals surface area (Å²) in [6.07, 6.45) is 3.40. The number of aromatic amines is 1. The molecule has 2 aliphatic heterocycles. The van der Waals surface area contributed by atoms with Gasteiger partial charge in [0.2, 0.25) is 11.8 Å². The lowest BCUT2D eigenvalue weighted by atomic mass is 9.71. The Hall–Kier alpha value is -3.86. The molecule has 0 spiro atoms. The minimum absolute atomic E-state index is 0.0489. The van der Waals surface area contributed by atoms with Crippen LogP contribution in [0, 0.1) is 17.8 Å². The molecule has 3 aromatic carbocycles. The molecule has 3 aliphatic rings. The highest BCUT2D eigenvalue weighted by Gasteiger charge is 2.53. The van der Waals surface area contributed by atoms with Crippen molar-refractivity contribution < 1.29 is 14.3 Å². The van der Waals surface area contributed by atoms with Gasteiger partial charge in [0.05, 0.1) is 23.0 Å². The predicted octanol–water partition coefficient (Wildman–Crippen LogP) is 5.01. The Morgan fingerprint density at radius 1 is 0.848 bits per heavy atom. The van der Waals surface area contributed by atoms with E-state index < -0.39 is 0 Å². The number of fused-ring (bicyclic) bond motifs is 8. The summed E-state index contributed by atoms with van der Waals surface area (Å²) in [7, 11) is 0. The molecule has 0 unspecified atom stereocenters. The molecule has 7 rings (SSSR count). The van der Waals surface area contributed by atoms with Crippen LogP contribution in [0.2, 0.25) is 0 Å². The molecule has 33 heavy (non-hydrogen) atoms. The summed E-state index contributed by atoms with van der Waals surface area (Å²) >= 11 is 0. The molecule has 3 heterocycles. The third-order valence-electron chi connectivity index (χ3n) is 7.60. The number of rotatable bonds is 1. The van der Waals surface area contributed by atoms with Crippen LogP contribution < -0.4 is 9.64 Å². The third-order valence-corrected chi connectivity index (χ3v) is 7.60. The van der Waals surface area contributed by atoms with E-state index in [4.69, 9.17) is 4.74 Å². The number of hydrogen-bond acceptors (Lipinski definition) is 3. The molecule has 1 aromatic heterocycles. The molecule has 0 saturated carbocycles. The number of ether oxygens (including phenoxy) is 1. The van der Waals surface area contributed by atoms with Crippen LogP contribution in [0.4, 0.5) is 5.69 Å². The number of aromatic nitrogens is 1. The zero-order chi connectivity index (χ0) is 22.1. The van der Waals surface area contributed by atoms with Crippen LogP contribution in [0.25, 0.3) is 21.8 Å². The van der Waals surface area contributed by atoms with Crippen LogP contribution in [-0.4, -0.2) is 23.4 Å². The van der Waals surface area contributed by atoms with Crippen molar-refractivity contribution in [2.75, 3.05) is 11.5 Å². The van der Waals surface area contributed by atoms with Gasteiger partial charge in [0.15, 0.2) is 0 Å². The Bertz CT molecular complexity index is 1480. The number of anilines is 1. The quantitative estimate of drug-likeness (QED) is 0.338. The maximum atomic E-state index is 13.7. The number of H-pyrrole nitrogens is 1. The summed E-state index contributed by atoms with van der Waals surface area (Å²) in [5.41, 5.74) is 5.04. The first-order valence-electron chi connectivity index (χ1n) is 11.5. The van der Waals surface area contributed by atoms with Crippen LogP contribution in [0.15, 0.2) is 78.4 Å². The fraction of sp³-hybridized carbons (Fsp3) is 0.214. The summed E-state index contributed by atoms with van der Waals surface area (Å²) < 4.78 is 6.25.